The molecule has 0 saturated carbocycles. The molecule has 1 N–H and O–H groups in total. The SMILES string of the molecule is COn1[c]c(C)c2c(C(C)C3CNCCO3)cccc21. The fourth-order valence-corrected chi connectivity index (χ4v) is 3.03. The van der Waals surface area contributed by atoms with E-state index in [1.807, 2.05) is 0 Å². The number of fused-ring (bicyclic) bond motifs is 1. The van der Waals surface area contributed by atoms with Gasteiger partial charge >= 0.3 is 0 Å². The highest BCUT2D eigenvalue weighted by Crippen LogP contribution is 2.32. The topological polar surface area (TPSA) is 35.4 Å². The van der Waals surface area contributed by atoms with Gasteiger partial charge in [-0.3, -0.25) is 0 Å². The third kappa shape index (κ3) is 2.19. The lowest BCUT2D eigenvalue weighted by Gasteiger charge is -2.29. The number of morpholine rings is 1. The molecule has 1 saturated heterocycles. The van der Waals surface area contributed by atoms with Crippen molar-refractivity contribution in [3.63, 3.8) is 0 Å². The number of benzene rings is 1. The minimum Gasteiger partial charge on any atom is -0.416 e. The molecule has 2 aromatic rings. The molecule has 1 aliphatic heterocycles. The van der Waals surface area contributed by atoms with Crippen LogP contribution in [0.2, 0.25) is 0 Å². The van der Waals surface area contributed by atoms with Gasteiger partial charge in [0.2, 0.25) is 0 Å². The number of rotatable bonds is 3. The van der Waals surface area contributed by atoms with Gasteiger partial charge in [-0.1, -0.05) is 19.1 Å². The average Bonchev–Trinajstić information content (AvgIpc) is 2.84. The maximum Gasteiger partial charge on any atom is 0.111 e. The average molecular weight is 273 g/mol. The summed E-state index contributed by atoms with van der Waals surface area (Å²) in [6.07, 6.45) is 3.46. The molecule has 1 fully saturated rings. The van der Waals surface area contributed by atoms with Crippen LogP contribution in [0.5, 0.6) is 0 Å². The third-order valence-electron chi connectivity index (χ3n) is 4.12. The first-order valence-electron chi connectivity index (χ1n) is 7.12. The summed E-state index contributed by atoms with van der Waals surface area (Å²) in [4.78, 5) is 5.35. The molecule has 0 bridgehead atoms. The van der Waals surface area contributed by atoms with E-state index in [-0.39, 0.29) is 6.10 Å². The smallest absolute Gasteiger partial charge is 0.111 e. The van der Waals surface area contributed by atoms with Gasteiger partial charge in [-0.2, -0.15) is 4.73 Å². The van der Waals surface area contributed by atoms with Crippen molar-refractivity contribution >= 4 is 10.9 Å². The molecule has 1 aromatic heterocycles. The third-order valence-corrected chi connectivity index (χ3v) is 4.12. The molecule has 4 nitrogen and oxygen atoms in total. The van der Waals surface area contributed by atoms with Crippen molar-refractivity contribution in [2.75, 3.05) is 26.8 Å². The second kappa shape index (κ2) is 5.46. The minimum absolute atomic E-state index is 0.222. The van der Waals surface area contributed by atoms with Crippen molar-refractivity contribution in [2.45, 2.75) is 25.9 Å². The molecule has 4 heteroatoms. The van der Waals surface area contributed by atoms with Crippen LogP contribution in [-0.4, -0.2) is 37.6 Å². The van der Waals surface area contributed by atoms with Crippen molar-refractivity contribution < 1.29 is 9.57 Å². The predicted octanol–water partition coefficient (Wildman–Crippen LogP) is 1.90. The standard InChI is InChI=1S/C16H21N2O2/c1-11-10-18(19-3)14-6-4-5-13(16(11)14)12(2)15-9-17-7-8-20-15/h4-6,12,15,17H,7-9H2,1-3H3. The molecule has 0 aliphatic carbocycles. The van der Waals surface area contributed by atoms with E-state index < -0.39 is 0 Å². The van der Waals surface area contributed by atoms with Crippen LogP contribution in [0.15, 0.2) is 18.2 Å². The minimum atomic E-state index is 0.222. The predicted molar refractivity (Wildman–Crippen MR) is 79.0 cm³/mol. The maximum atomic E-state index is 5.91. The van der Waals surface area contributed by atoms with Crippen molar-refractivity contribution in [3.05, 3.63) is 35.5 Å². The van der Waals surface area contributed by atoms with Gasteiger partial charge in [-0.25, -0.2) is 0 Å². The number of hydrogen-bond donors (Lipinski definition) is 1. The van der Waals surface area contributed by atoms with E-state index in [2.05, 4.69) is 43.6 Å². The van der Waals surface area contributed by atoms with Gasteiger partial charge < -0.3 is 14.9 Å². The van der Waals surface area contributed by atoms with Crippen LogP contribution in [0.4, 0.5) is 0 Å². The largest absolute Gasteiger partial charge is 0.416 e. The van der Waals surface area contributed by atoms with Crippen molar-refractivity contribution in [2.24, 2.45) is 0 Å². The Hall–Kier alpha value is -1.52. The fourth-order valence-electron chi connectivity index (χ4n) is 3.03. The summed E-state index contributed by atoms with van der Waals surface area (Å²) >= 11 is 0. The second-order valence-electron chi connectivity index (χ2n) is 5.36. The lowest BCUT2D eigenvalue weighted by Crippen LogP contribution is -2.41. The molecule has 3 rings (SSSR count). The highest BCUT2D eigenvalue weighted by atomic mass is 16.6. The van der Waals surface area contributed by atoms with Gasteiger partial charge in [0.15, 0.2) is 0 Å². The van der Waals surface area contributed by atoms with E-state index in [0.717, 1.165) is 30.8 Å². The summed E-state index contributed by atoms with van der Waals surface area (Å²) < 4.78 is 7.61. The Morgan fingerprint density at radius 3 is 3.05 bits per heavy atom. The Morgan fingerprint density at radius 2 is 2.35 bits per heavy atom. The molecule has 2 atom stereocenters. The van der Waals surface area contributed by atoms with E-state index in [4.69, 9.17) is 9.57 Å². The number of nitrogens with zero attached hydrogens (tertiary/aromatic N) is 1. The van der Waals surface area contributed by atoms with E-state index in [9.17, 15) is 0 Å². The summed E-state index contributed by atoms with van der Waals surface area (Å²) in [5.74, 6) is 0.339. The molecule has 2 unspecified atom stereocenters. The van der Waals surface area contributed by atoms with Crippen LogP contribution >= 0.6 is 0 Å². The quantitative estimate of drug-likeness (QED) is 0.927. The molecule has 1 aromatic carbocycles. The van der Waals surface area contributed by atoms with Crippen LogP contribution in [0.1, 0.15) is 24.0 Å². The van der Waals surface area contributed by atoms with E-state index >= 15 is 0 Å². The first-order chi connectivity index (χ1) is 9.72. The van der Waals surface area contributed by atoms with Gasteiger partial charge in [0, 0.05) is 24.4 Å². The number of aromatic nitrogens is 1. The Bertz CT molecular complexity index is 600. The van der Waals surface area contributed by atoms with Crippen LogP contribution < -0.4 is 10.2 Å². The molecule has 20 heavy (non-hydrogen) atoms. The molecular weight excluding hydrogens is 252 g/mol. The van der Waals surface area contributed by atoms with Gasteiger partial charge in [0.05, 0.1) is 18.2 Å². The van der Waals surface area contributed by atoms with E-state index in [1.165, 1.54) is 10.9 Å². The maximum absolute atomic E-state index is 5.91. The van der Waals surface area contributed by atoms with Crippen LogP contribution in [0, 0.1) is 13.1 Å². The molecule has 1 aliphatic rings. The lowest BCUT2D eigenvalue weighted by atomic mass is 9.91. The van der Waals surface area contributed by atoms with Gasteiger partial charge in [-0.15, -0.1) is 0 Å². The zero-order valence-corrected chi connectivity index (χ0v) is 12.3. The van der Waals surface area contributed by atoms with Gasteiger partial charge in [0.25, 0.3) is 0 Å². The lowest BCUT2D eigenvalue weighted by molar-refractivity contribution is 0.0149. The van der Waals surface area contributed by atoms with Crippen molar-refractivity contribution in [1.82, 2.24) is 10.0 Å². The number of nitrogens with one attached hydrogen (secondary N) is 1. The molecule has 2 heterocycles. The summed E-state index contributed by atoms with van der Waals surface area (Å²) in [7, 11) is 1.67. The van der Waals surface area contributed by atoms with Crippen molar-refractivity contribution in [3.8, 4) is 0 Å². The number of hydrogen-bond acceptors (Lipinski definition) is 3. The zero-order valence-electron chi connectivity index (χ0n) is 12.3. The first-order valence-corrected chi connectivity index (χ1v) is 7.12. The molecular formula is C16H21N2O2. The van der Waals surface area contributed by atoms with Gasteiger partial charge in [0.1, 0.15) is 13.3 Å². The number of aryl methyl sites for hydroxylation is 1. The van der Waals surface area contributed by atoms with E-state index in [0.29, 0.717) is 5.92 Å². The normalized spacial score (nSPS) is 21.1. The highest BCUT2D eigenvalue weighted by Gasteiger charge is 2.24. The summed E-state index contributed by atoms with van der Waals surface area (Å²) in [5, 5.41) is 4.63. The molecule has 0 amide bonds. The Kier molecular flexibility index (Phi) is 3.68. The van der Waals surface area contributed by atoms with Gasteiger partial charge in [-0.05, 0) is 24.1 Å². The Morgan fingerprint density at radius 1 is 1.50 bits per heavy atom. The summed E-state index contributed by atoms with van der Waals surface area (Å²) in [6, 6.07) is 6.33. The van der Waals surface area contributed by atoms with Crippen LogP contribution in [0.3, 0.4) is 0 Å². The van der Waals surface area contributed by atoms with Crippen molar-refractivity contribution in [1.29, 1.82) is 0 Å². The Labute approximate surface area is 119 Å². The fraction of sp³-hybridized carbons (Fsp3) is 0.500. The summed E-state index contributed by atoms with van der Waals surface area (Å²) in [6.45, 7) is 6.95. The highest BCUT2D eigenvalue weighted by molar-refractivity contribution is 5.87. The summed E-state index contributed by atoms with van der Waals surface area (Å²) in [5.41, 5.74) is 3.49. The second-order valence-corrected chi connectivity index (χ2v) is 5.36. The zero-order chi connectivity index (χ0) is 14.1. The first kappa shape index (κ1) is 13.5. The monoisotopic (exact) mass is 273 g/mol. The Balaban J connectivity index is 2.04. The van der Waals surface area contributed by atoms with Crippen LogP contribution in [-0.2, 0) is 4.74 Å². The molecule has 107 valence electrons. The van der Waals surface area contributed by atoms with E-state index in [1.54, 1.807) is 11.8 Å². The molecule has 1 radical (unpaired) electrons. The molecule has 0 spiro atoms. The van der Waals surface area contributed by atoms with Crippen LogP contribution in [0.25, 0.3) is 10.9 Å². The number of ether oxygens (including phenoxy) is 1.